The molecule has 0 rings (SSSR count). The summed E-state index contributed by atoms with van der Waals surface area (Å²) in [6.07, 6.45) is 21.1. The number of unbranched alkanes of at least 4 members (excludes halogenated alkanes) is 15. The minimum atomic E-state index is -4.24. The van der Waals surface area contributed by atoms with Gasteiger partial charge in [0, 0.05) is 5.25 Å². The van der Waals surface area contributed by atoms with Gasteiger partial charge in [-0.3, -0.25) is 0 Å². The minimum Gasteiger partial charge on any atom is -0.748 e. The molecule has 0 bridgehead atoms. The molecule has 2 atom stereocenters. The molecule has 0 saturated heterocycles. The molecule has 1 N–H and O–H groups in total. The van der Waals surface area contributed by atoms with Gasteiger partial charge in [-0.1, -0.05) is 110 Å². The van der Waals surface area contributed by atoms with Crippen molar-refractivity contribution in [2.75, 3.05) is 0 Å². The fourth-order valence-electron chi connectivity index (χ4n) is 3.78. The van der Waals surface area contributed by atoms with Crippen molar-refractivity contribution in [1.29, 1.82) is 0 Å². The van der Waals surface area contributed by atoms with Gasteiger partial charge in [-0.2, -0.15) is 0 Å². The van der Waals surface area contributed by atoms with Crippen LogP contribution in [0.15, 0.2) is 0 Å². The Morgan fingerprint density at radius 3 is 1.31 bits per heavy atom. The van der Waals surface area contributed by atoms with Crippen LogP contribution in [-0.2, 0) is 10.1 Å². The first-order valence-electron chi connectivity index (χ1n) is 12.0. The monoisotopic (exact) mass is 442 g/mol. The van der Waals surface area contributed by atoms with E-state index in [0.29, 0.717) is 12.8 Å². The molecule has 0 aromatic rings. The molecule has 2 unspecified atom stereocenters. The Morgan fingerprint density at radius 2 is 1.00 bits per heavy atom. The number of hydrogen-bond donors (Lipinski definition) is 1. The van der Waals surface area contributed by atoms with Crippen molar-refractivity contribution in [2.24, 2.45) is 0 Å². The van der Waals surface area contributed by atoms with Gasteiger partial charge >= 0.3 is 29.6 Å². The van der Waals surface area contributed by atoms with E-state index in [0.717, 1.165) is 19.3 Å². The van der Waals surface area contributed by atoms with Gasteiger partial charge in [0.25, 0.3) is 0 Å². The van der Waals surface area contributed by atoms with E-state index >= 15 is 0 Å². The summed E-state index contributed by atoms with van der Waals surface area (Å²) in [4.78, 5) is 0. The fraction of sp³-hybridized carbons (Fsp3) is 1.00. The zero-order chi connectivity index (χ0) is 21.1. The molecule has 0 aromatic carbocycles. The third-order valence-electron chi connectivity index (χ3n) is 5.69. The molecule has 0 heterocycles. The summed E-state index contributed by atoms with van der Waals surface area (Å²) in [5, 5.41) is 8.46. The van der Waals surface area contributed by atoms with E-state index in [2.05, 4.69) is 6.92 Å². The van der Waals surface area contributed by atoms with E-state index in [9.17, 15) is 18.1 Å². The zero-order valence-electron chi connectivity index (χ0n) is 19.7. The van der Waals surface area contributed by atoms with Crippen LogP contribution >= 0.6 is 0 Å². The normalized spacial score (nSPS) is 13.8. The maximum Gasteiger partial charge on any atom is 1.00 e. The molecule has 29 heavy (non-hydrogen) atoms. The Kier molecular flexibility index (Phi) is 24.4. The largest absolute Gasteiger partial charge is 1.00 e. The Balaban J connectivity index is 0. The average molecular weight is 443 g/mol. The molecule has 0 aliphatic heterocycles. The molecular weight excluding hydrogens is 395 g/mol. The van der Waals surface area contributed by atoms with Crippen LogP contribution in [0.4, 0.5) is 0 Å². The molecule has 0 fully saturated rings. The van der Waals surface area contributed by atoms with Crippen LogP contribution in [0.2, 0.25) is 0 Å². The van der Waals surface area contributed by atoms with Crippen molar-refractivity contribution >= 4 is 10.1 Å². The molecule has 4 nitrogen and oxygen atoms in total. The first-order valence-corrected chi connectivity index (χ1v) is 13.5. The van der Waals surface area contributed by atoms with Gasteiger partial charge in [0.2, 0.25) is 0 Å². The Hall–Kier alpha value is 0.870. The van der Waals surface area contributed by atoms with Gasteiger partial charge in [-0.25, -0.2) is 8.42 Å². The molecule has 0 spiro atoms. The van der Waals surface area contributed by atoms with E-state index in [-0.39, 0.29) is 36.0 Å². The fourth-order valence-corrected chi connectivity index (χ4v) is 4.66. The minimum absolute atomic E-state index is 0. The van der Waals surface area contributed by atoms with Crippen molar-refractivity contribution in [1.82, 2.24) is 0 Å². The molecule has 0 amide bonds. The second-order valence-electron chi connectivity index (χ2n) is 8.63. The Bertz CT molecular complexity index is 427. The van der Waals surface area contributed by atoms with E-state index in [4.69, 9.17) is 0 Å². The zero-order valence-corrected chi connectivity index (χ0v) is 22.5. The van der Waals surface area contributed by atoms with Gasteiger partial charge in [-0.15, -0.1) is 0 Å². The van der Waals surface area contributed by atoms with Crippen LogP contribution in [0.1, 0.15) is 136 Å². The van der Waals surface area contributed by atoms with Crippen molar-refractivity contribution < 1.29 is 47.6 Å². The van der Waals surface area contributed by atoms with Crippen LogP contribution in [0.5, 0.6) is 0 Å². The van der Waals surface area contributed by atoms with E-state index < -0.39 is 21.5 Å². The summed E-state index contributed by atoms with van der Waals surface area (Å²) in [6.45, 7) is 3.89. The number of rotatable bonds is 21. The number of hydrogen-bond acceptors (Lipinski definition) is 4. The summed E-state index contributed by atoms with van der Waals surface area (Å²) >= 11 is 0. The van der Waals surface area contributed by atoms with Gasteiger partial charge < -0.3 is 9.66 Å². The topological polar surface area (TPSA) is 77.4 Å². The third kappa shape index (κ3) is 23.4. The molecule has 6 heteroatoms. The average Bonchev–Trinajstić information content (AvgIpc) is 2.62. The van der Waals surface area contributed by atoms with Crippen LogP contribution in [0, 0.1) is 0 Å². The molecule has 0 radical (unpaired) electrons. The maximum absolute atomic E-state index is 11.3. The SMILES string of the molecule is CCCCCCCCCCCCCCCCCCC(CCC(C)O)S(=O)(=O)[O-].[Na+]. The molecule has 0 aliphatic rings. The molecule has 0 saturated carbocycles. The number of aliphatic hydroxyl groups is 1. The van der Waals surface area contributed by atoms with Crippen molar-refractivity contribution in [2.45, 2.75) is 147 Å². The second kappa shape index (κ2) is 22.1. The van der Waals surface area contributed by atoms with E-state index in [1.165, 1.54) is 83.5 Å². The van der Waals surface area contributed by atoms with Crippen molar-refractivity contribution in [3.8, 4) is 0 Å². The maximum atomic E-state index is 11.3. The first-order chi connectivity index (χ1) is 13.4. The number of aliphatic hydroxyl groups excluding tert-OH is 1. The molecule has 0 aromatic heterocycles. The van der Waals surface area contributed by atoms with Gasteiger partial charge in [-0.05, 0) is 26.2 Å². The van der Waals surface area contributed by atoms with Gasteiger partial charge in [0.1, 0.15) is 0 Å². The summed E-state index contributed by atoms with van der Waals surface area (Å²) in [7, 11) is -4.24. The van der Waals surface area contributed by atoms with E-state index in [1.807, 2.05) is 0 Å². The smallest absolute Gasteiger partial charge is 0.748 e. The summed E-state index contributed by atoms with van der Waals surface area (Å²) in [5.41, 5.74) is 0. The predicted molar refractivity (Wildman–Crippen MR) is 119 cm³/mol. The van der Waals surface area contributed by atoms with E-state index in [1.54, 1.807) is 6.92 Å². The van der Waals surface area contributed by atoms with Crippen LogP contribution in [-0.4, -0.2) is 29.4 Å². The summed E-state index contributed by atoms with van der Waals surface area (Å²) < 4.78 is 33.9. The van der Waals surface area contributed by atoms with Crippen LogP contribution in [0.3, 0.4) is 0 Å². The first kappa shape index (κ1) is 32.1. The van der Waals surface area contributed by atoms with Crippen LogP contribution < -0.4 is 29.6 Å². The molecular formula is C23H47NaO4S. The Morgan fingerprint density at radius 1 is 0.655 bits per heavy atom. The second-order valence-corrected chi connectivity index (χ2v) is 10.3. The molecule has 0 aliphatic carbocycles. The van der Waals surface area contributed by atoms with Crippen molar-refractivity contribution in [3.63, 3.8) is 0 Å². The molecule has 170 valence electrons. The van der Waals surface area contributed by atoms with Crippen molar-refractivity contribution in [3.05, 3.63) is 0 Å². The standard InChI is InChI=1S/C23H48O4S.Na/c1-3-4-5-6-7-8-9-10-11-12-13-14-15-16-17-18-19-23(28(25,26)27)21-20-22(2)24;/h22-24H,3-21H2,1-2H3,(H,25,26,27);/q;+1/p-1. The Labute approximate surface area is 204 Å². The summed E-state index contributed by atoms with van der Waals surface area (Å²) in [5.74, 6) is 0. The quantitative estimate of drug-likeness (QED) is 0.167. The van der Waals surface area contributed by atoms with Gasteiger partial charge in [0.15, 0.2) is 0 Å². The van der Waals surface area contributed by atoms with Gasteiger partial charge in [0.05, 0.1) is 16.2 Å². The van der Waals surface area contributed by atoms with Crippen LogP contribution in [0.25, 0.3) is 0 Å². The third-order valence-corrected chi connectivity index (χ3v) is 6.98. The summed E-state index contributed by atoms with van der Waals surface area (Å²) in [6, 6.07) is 0. The predicted octanol–water partition coefficient (Wildman–Crippen LogP) is 3.72.